The summed E-state index contributed by atoms with van der Waals surface area (Å²) in [4.78, 5) is 16.0. The summed E-state index contributed by atoms with van der Waals surface area (Å²) < 4.78 is 4.92. The van der Waals surface area contributed by atoms with E-state index in [-0.39, 0.29) is 23.9 Å². The van der Waals surface area contributed by atoms with Gasteiger partial charge in [-0.25, -0.2) is 0 Å². The van der Waals surface area contributed by atoms with Gasteiger partial charge in [0.2, 0.25) is 5.91 Å². The number of nitrogens with two attached hydrogens (primary N) is 1. The summed E-state index contributed by atoms with van der Waals surface area (Å²) in [6, 6.07) is 0. The van der Waals surface area contributed by atoms with E-state index in [1.165, 1.54) is 0 Å². The van der Waals surface area contributed by atoms with Gasteiger partial charge in [0.1, 0.15) is 0 Å². The Labute approximate surface area is 116 Å². The molecular formula is C12H26ClN3O2. The van der Waals surface area contributed by atoms with Crippen molar-refractivity contribution in [2.24, 2.45) is 5.73 Å². The lowest BCUT2D eigenvalue weighted by atomic mass is 10.1. The Kier molecular flexibility index (Phi) is 7.78. The van der Waals surface area contributed by atoms with E-state index in [1.807, 2.05) is 18.7 Å². The Hall–Kier alpha value is -0.360. The minimum Gasteiger partial charge on any atom is -0.384 e. The third-order valence-corrected chi connectivity index (χ3v) is 2.88. The molecule has 0 aromatic rings. The number of nitrogens with zero attached hydrogens (tertiary/aromatic N) is 2. The van der Waals surface area contributed by atoms with Crippen molar-refractivity contribution in [3.05, 3.63) is 0 Å². The smallest absolute Gasteiger partial charge is 0.224 e. The number of piperazine rings is 1. The Morgan fingerprint density at radius 2 is 1.83 bits per heavy atom. The predicted octanol–water partition coefficient (Wildman–Crippen LogP) is 0.326. The molecular weight excluding hydrogens is 254 g/mol. The molecule has 18 heavy (non-hydrogen) atoms. The summed E-state index contributed by atoms with van der Waals surface area (Å²) in [6.07, 6.45) is 0.485. The van der Waals surface area contributed by atoms with Gasteiger partial charge >= 0.3 is 0 Å². The second-order valence-electron chi connectivity index (χ2n) is 5.39. The number of hydrogen-bond donors (Lipinski definition) is 1. The van der Waals surface area contributed by atoms with Gasteiger partial charge in [-0.05, 0) is 13.8 Å². The van der Waals surface area contributed by atoms with Crippen LogP contribution in [-0.2, 0) is 9.53 Å². The van der Waals surface area contributed by atoms with Crippen molar-refractivity contribution < 1.29 is 9.53 Å². The molecule has 6 heteroatoms. The van der Waals surface area contributed by atoms with Gasteiger partial charge in [-0.1, -0.05) is 0 Å². The normalized spacial score (nSPS) is 17.4. The number of carbonyl (C=O) groups excluding carboxylic acids is 1. The zero-order valence-electron chi connectivity index (χ0n) is 11.6. The summed E-state index contributed by atoms with van der Waals surface area (Å²) in [7, 11) is 1.62. The van der Waals surface area contributed by atoms with Gasteiger partial charge in [-0.3, -0.25) is 9.69 Å². The first-order valence-corrected chi connectivity index (χ1v) is 6.20. The molecule has 0 saturated carbocycles. The Morgan fingerprint density at radius 1 is 1.28 bits per heavy atom. The zero-order chi connectivity index (χ0) is 12.9. The van der Waals surface area contributed by atoms with E-state index < -0.39 is 0 Å². The van der Waals surface area contributed by atoms with E-state index in [2.05, 4.69) is 4.90 Å². The van der Waals surface area contributed by atoms with Crippen LogP contribution in [0, 0.1) is 0 Å². The summed E-state index contributed by atoms with van der Waals surface area (Å²) in [6.45, 7) is 8.89. The summed E-state index contributed by atoms with van der Waals surface area (Å²) in [5.41, 5.74) is 5.82. The highest BCUT2D eigenvalue weighted by molar-refractivity contribution is 5.85. The maximum atomic E-state index is 11.8. The number of ether oxygens (including phenoxy) is 1. The minimum atomic E-state index is -0.164. The third-order valence-electron chi connectivity index (χ3n) is 2.88. The molecule has 0 aromatic carbocycles. The highest BCUT2D eigenvalue weighted by Gasteiger charge is 2.23. The van der Waals surface area contributed by atoms with E-state index in [0.29, 0.717) is 13.0 Å². The van der Waals surface area contributed by atoms with Gasteiger partial charge in [0.05, 0.1) is 13.0 Å². The van der Waals surface area contributed by atoms with Crippen molar-refractivity contribution in [3.63, 3.8) is 0 Å². The molecule has 1 aliphatic heterocycles. The number of rotatable bonds is 5. The predicted molar refractivity (Wildman–Crippen MR) is 75.0 cm³/mol. The number of hydrogen-bond acceptors (Lipinski definition) is 4. The molecule has 1 heterocycles. The Morgan fingerprint density at radius 3 is 2.28 bits per heavy atom. The van der Waals surface area contributed by atoms with Gasteiger partial charge < -0.3 is 15.4 Å². The maximum Gasteiger partial charge on any atom is 0.224 e. The zero-order valence-corrected chi connectivity index (χ0v) is 12.5. The highest BCUT2D eigenvalue weighted by Crippen LogP contribution is 2.07. The molecule has 0 aromatic heterocycles. The summed E-state index contributed by atoms with van der Waals surface area (Å²) in [5.74, 6) is 0.193. The van der Waals surface area contributed by atoms with Gasteiger partial charge in [0.15, 0.2) is 0 Å². The molecule has 5 nitrogen and oxygen atoms in total. The van der Waals surface area contributed by atoms with Crippen molar-refractivity contribution in [2.45, 2.75) is 25.8 Å². The van der Waals surface area contributed by atoms with E-state index in [9.17, 15) is 4.79 Å². The summed E-state index contributed by atoms with van der Waals surface area (Å²) >= 11 is 0. The molecule has 2 N–H and O–H groups in total. The van der Waals surface area contributed by atoms with Crippen molar-refractivity contribution >= 4 is 18.3 Å². The van der Waals surface area contributed by atoms with Gasteiger partial charge in [0, 0.05) is 45.4 Å². The number of amides is 1. The van der Waals surface area contributed by atoms with E-state index in [0.717, 1.165) is 32.7 Å². The van der Waals surface area contributed by atoms with E-state index >= 15 is 0 Å². The SMILES string of the molecule is COCCC(=O)N1CCN(CC(C)(C)N)CC1.Cl. The molecule has 1 aliphatic rings. The number of carbonyl (C=O) groups is 1. The maximum absolute atomic E-state index is 11.8. The highest BCUT2D eigenvalue weighted by atomic mass is 35.5. The lowest BCUT2D eigenvalue weighted by molar-refractivity contribution is -0.133. The van der Waals surface area contributed by atoms with E-state index in [1.54, 1.807) is 7.11 Å². The van der Waals surface area contributed by atoms with Crippen LogP contribution in [-0.4, -0.2) is 67.7 Å². The summed E-state index contributed by atoms with van der Waals surface area (Å²) in [5, 5.41) is 0. The average Bonchev–Trinajstić information content (AvgIpc) is 2.24. The van der Waals surface area contributed by atoms with Gasteiger partial charge in [-0.2, -0.15) is 0 Å². The van der Waals surface area contributed by atoms with Crippen LogP contribution in [0.5, 0.6) is 0 Å². The molecule has 0 atom stereocenters. The fourth-order valence-corrected chi connectivity index (χ4v) is 2.08. The number of methoxy groups -OCH3 is 1. The number of halogens is 1. The molecule has 1 amide bonds. The molecule has 108 valence electrons. The van der Waals surface area contributed by atoms with Crippen LogP contribution < -0.4 is 5.73 Å². The third kappa shape index (κ3) is 6.54. The lowest BCUT2D eigenvalue weighted by Gasteiger charge is -2.37. The van der Waals surface area contributed by atoms with Crippen LogP contribution in [0.2, 0.25) is 0 Å². The fraction of sp³-hybridized carbons (Fsp3) is 0.917. The molecule has 0 spiro atoms. The largest absolute Gasteiger partial charge is 0.384 e. The molecule has 0 aliphatic carbocycles. The Bertz CT molecular complexity index is 248. The van der Waals surface area contributed by atoms with Crippen LogP contribution in [0.4, 0.5) is 0 Å². The molecule has 1 fully saturated rings. The van der Waals surface area contributed by atoms with Crippen LogP contribution in [0.3, 0.4) is 0 Å². The first-order valence-electron chi connectivity index (χ1n) is 6.20. The fourth-order valence-electron chi connectivity index (χ4n) is 2.08. The monoisotopic (exact) mass is 279 g/mol. The molecule has 1 rings (SSSR count). The Balaban J connectivity index is 0.00000289. The topological polar surface area (TPSA) is 58.8 Å². The second kappa shape index (κ2) is 7.94. The lowest BCUT2D eigenvalue weighted by Crippen LogP contribution is -2.54. The van der Waals surface area contributed by atoms with Gasteiger partial charge in [0.25, 0.3) is 0 Å². The van der Waals surface area contributed by atoms with Crippen LogP contribution in [0.25, 0.3) is 0 Å². The first-order chi connectivity index (χ1) is 7.92. The second-order valence-corrected chi connectivity index (χ2v) is 5.39. The quantitative estimate of drug-likeness (QED) is 0.788. The molecule has 1 saturated heterocycles. The van der Waals surface area contributed by atoms with E-state index in [4.69, 9.17) is 10.5 Å². The standard InChI is InChI=1S/C12H25N3O2.ClH/c1-12(2,13)10-14-5-7-15(8-6-14)11(16)4-9-17-3;/h4-10,13H2,1-3H3;1H. The van der Waals surface area contributed by atoms with Crippen molar-refractivity contribution in [2.75, 3.05) is 46.4 Å². The van der Waals surface area contributed by atoms with Crippen molar-refractivity contribution in [1.82, 2.24) is 9.80 Å². The first kappa shape index (κ1) is 17.6. The van der Waals surface area contributed by atoms with Crippen LogP contribution >= 0.6 is 12.4 Å². The molecule has 0 bridgehead atoms. The van der Waals surface area contributed by atoms with Crippen molar-refractivity contribution in [1.29, 1.82) is 0 Å². The molecule has 0 unspecified atom stereocenters. The average molecular weight is 280 g/mol. The minimum absolute atomic E-state index is 0. The molecule has 0 radical (unpaired) electrons. The van der Waals surface area contributed by atoms with Crippen LogP contribution in [0.1, 0.15) is 20.3 Å². The van der Waals surface area contributed by atoms with Crippen LogP contribution in [0.15, 0.2) is 0 Å². The van der Waals surface area contributed by atoms with Gasteiger partial charge in [-0.15, -0.1) is 12.4 Å². The van der Waals surface area contributed by atoms with Crippen molar-refractivity contribution in [3.8, 4) is 0 Å².